The Morgan fingerprint density at radius 3 is 2.48 bits per heavy atom. The lowest BCUT2D eigenvalue weighted by Gasteiger charge is -2.35. The van der Waals surface area contributed by atoms with Gasteiger partial charge in [-0.05, 0) is 47.8 Å². The lowest BCUT2D eigenvalue weighted by atomic mass is 9.95. The van der Waals surface area contributed by atoms with Gasteiger partial charge in [-0.2, -0.15) is 4.31 Å². The number of hydrogen-bond acceptors (Lipinski definition) is 5. The van der Waals surface area contributed by atoms with Gasteiger partial charge >= 0.3 is 0 Å². The summed E-state index contributed by atoms with van der Waals surface area (Å²) in [6.07, 6.45) is 0.807. The van der Waals surface area contributed by atoms with Gasteiger partial charge in [0, 0.05) is 23.2 Å². The van der Waals surface area contributed by atoms with Gasteiger partial charge in [0.2, 0.25) is 10.0 Å². The molecule has 0 radical (unpaired) electrons. The van der Waals surface area contributed by atoms with E-state index in [4.69, 9.17) is 10.5 Å². The monoisotopic (exact) mass is 378 g/mol. The number of rotatable bonds is 3. The Balaban J connectivity index is 2.39. The van der Waals surface area contributed by atoms with Crippen molar-refractivity contribution >= 4 is 31.6 Å². The summed E-state index contributed by atoms with van der Waals surface area (Å²) in [4.78, 5) is 0.0484. The van der Waals surface area contributed by atoms with Gasteiger partial charge in [0.05, 0.1) is 12.7 Å². The molecule has 6 nitrogen and oxygen atoms in total. The molecular formula is C13H19BrN2O4S. The quantitative estimate of drug-likeness (QED) is 0.778. The number of piperidine rings is 1. The van der Waals surface area contributed by atoms with E-state index in [0.717, 1.165) is 0 Å². The molecule has 0 unspecified atom stereocenters. The van der Waals surface area contributed by atoms with Crippen LogP contribution in [0.15, 0.2) is 21.5 Å². The fraction of sp³-hybridized carbons (Fsp3) is 0.538. The third kappa shape index (κ3) is 3.33. The Morgan fingerprint density at radius 1 is 1.38 bits per heavy atom. The van der Waals surface area contributed by atoms with Crippen LogP contribution in [-0.2, 0) is 10.0 Å². The first-order valence-corrected chi connectivity index (χ1v) is 8.76. The van der Waals surface area contributed by atoms with Gasteiger partial charge < -0.3 is 15.6 Å². The summed E-state index contributed by atoms with van der Waals surface area (Å²) in [5.74, 6) is 0.244. The van der Waals surface area contributed by atoms with Crippen molar-refractivity contribution in [3.05, 3.63) is 16.6 Å². The molecule has 1 saturated heterocycles. The van der Waals surface area contributed by atoms with Gasteiger partial charge in [0.25, 0.3) is 0 Å². The highest BCUT2D eigenvalue weighted by Crippen LogP contribution is 2.35. The van der Waals surface area contributed by atoms with E-state index in [1.54, 1.807) is 13.0 Å². The number of nitrogens with two attached hydrogens (primary N) is 1. The minimum atomic E-state index is -3.70. The van der Waals surface area contributed by atoms with Crippen LogP contribution in [0.1, 0.15) is 19.8 Å². The van der Waals surface area contributed by atoms with E-state index in [0.29, 0.717) is 23.0 Å². The molecule has 3 N–H and O–H groups in total. The van der Waals surface area contributed by atoms with Crippen LogP contribution in [0.25, 0.3) is 0 Å². The Kier molecular flexibility index (Phi) is 4.53. The number of sulfonamides is 1. The molecule has 8 heteroatoms. The normalized spacial score (nSPS) is 19.4. The number of aliphatic hydroxyl groups is 1. The van der Waals surface area contributed by atoms with Crippen LogP contribution in [-0.4, -0.2) is 43.6 Å². The highest BCUT2D eigenvalue weighted by molar-refractivity contribution is 9.10. The standard InChI is InChI=1S/C13H19BrN2O4S/c1-13(17)3-5-16(6-4-13)21(18,19)12-8-10(15)9(14)7-11(12)20-2/h7-8,17H,3-6,15H2,1-2H3. The minimum Gasteiger partial charge on any atom is -0.495 e. The van der Waals surface area contributed by atoms with Crippen LogP contribution in [0.5, 0.6) is 5.75 Å². The highest BCUT2D eigenvalue weighted by atomic mass is 79.9. The summed E-state index contributed by atoms with van der Waals surface area (Å²) >= 11 is 3.25. The fourth-order valence-corrected chi connectivity index (χ4v) is 4.20. The number of benzene rings is 1. The Hall–Kier alpha value is -0.830. The van der Waals surface area contributed by atoms with Crippen LogP contribution in [0.3, 0.4) is 0 Å². The van der Waals surface area contributed by atoms with Crippen molar-refractivity contribution in [2.75, 3.05) is 25.9 Å². The second kappa shape index (κ2) is 5.75. The molecule has 0 aliphatic carbocycles. The predicted octanol–water partition coefficient (Wildman–Crippen LogP) is 1.58. The molecule has 1 heterocycles. The summed E-state index contributed by atoms with van der Waals surface area (Å²) in [7, 11) is -2.28. The highest BCUT2D eigenvalue weighted by Gasteiger charge is 2.35. The van der Waals surface area contributed by atoms with Crippen LogP contribution in [0, 0.1) is 0 Å². The average Bonchev–Trinajstić information content (AvgIpc) is 2.40. The zero-order valence-corrected chi connectivity index (χ0v) is 14.4. The summed E-state index contributed by atoms with van der Waals surface area (Å²) < 4.78 is 32.6. The maximum absolute atomic E-state index is 12.7. The maximum atomic E-state index is 12.7. The number of hydrogen-bond donors (Lipinski definition) is 2. The van der Waals surface area contributed by atoms with E-state index >= 15 is 0 Å². The van der Waals surface area contributed by atoms with Crippen LogP contribution in [0.2, 0.25) is 0 Å². The Morgan fingerprint density at radius 2 is 1.95 bits per heavy atom. The largest absolute Gasteiger partial charge is 0.495 e. The first-order chi connectivity index (χ1) is 9.67. The zero-order chi connectivity index (χ0) is 15.8. The minimum absolute atomic E-state index is 0.0484. The Labute approximate surface area is 133 Å². The summed E-state index contributed by atoms with van der Waals surface area (Å²) in [5, 5.41) is 9.94. The van der Waals surface area contributed by atoms with Gasteiger partial charge in [-0.25, -0.2) is 8.42 Å². The van der Waals surface area contributed by atoms with E-state index in [2.05, 4.69) is 15.9 Å². The summed E-state index contributed by atoms with van der Waals surface area (Å²) in [6.45, 7) is 2.26. The number of nitrogen functional groups attached to an aromatic ring is 1. The number of nitrogens with zero attached hydrogens (tertiary/aromatic N) is 1. The van der Waals surface area contributed by atoms with Crippen molar-refractivity contribution in [2.24, 2.45) is 0 Å². The molecule has 118 valence electrons. The lowest BCUT2D eigenvalue weighted by Crippen LogP contribution is -2.45. The Bertz CT molecular complexity index is 636. The molecule has 1 fully saturated rings. The number of anilines is 1. The molecule has 1 aliphatic heterocycles. The molecule has 0 atom stereocenters. The number of halogens is 1. The topological polar surface area (TPSA) is 92.9 Å². The molecule has 1 aromatic rings. The SMILES string of the molecule is COc1cc(Br)c(N)cc1S(=O)(=O)N1CCC(C)(O)CC1. The van der Waals surface area contributed by atoms with E-state index in [1.165, 1.54) is 17.5 Å². The number of methoxy groups -OCH3 is 1. The molecule has 0 aromatic heterocycles. The first kappa shape index (κ1) is 16.5. The smallest absolute Gasteiger partial charge is 0.246 e. The van der Waals surface area contributed by atoms with Crippen molar-refractivity contribution in [1.29, 1.82) is 0 Å². The molecule has 0 spiro atoms. The molecule has 0 saturated carbocycles. The van der Waals surface area contributed by atoms with Crippen LogP contribution in [0.4, 0.5) is 5.69 Å². The zero-order valence-electron chi connectivity index (χ0n) is 12.0. The van der Waals surface area contributed by atoms with Crippen molar-refractivity contribution in [3.8, 4) is 5.75 Å². The van der Waals surface area contributed by atoms with Crippen molar-refractivity contribution < 1.29 is 18.3 Å². The molecule has 0 bridgehead atoms. The second-order valence-corrected chi connectivity index (χ2v) is 8.19. The van der Waals surface area contributed by atoms with Gasteiger partial charge in [-0.15, -0.1) is 0 Å². The van der Waals surface area contributed by atoms with Crippen LogP contribution < -0.4 is 10.5 Å². The average molecular weight is 379 g/mol. The lowest BCUT2D eigenvalue weighted by molar-refractivity contribution is 0.0126. The van der Waals surface area contributed by atoms with Gasteiger partial charge in [0.15, 0.2) is 0 Å². The molecular weight excluding hydrogens is 360 g/mol. The molecule has 21 heavy (non-hydrogen) atoms. The first-order valence-electron chi connectivity index (χ1n) is 6.53. The summed E-state index contributed by atoms with van der Waals surface area (Å²) in [5.41, 5.74) is 5.31. The number of ether oxygens (including phenoxy) is 1. The van der Waals surface area contributed by atoms with Gasteiger partial charge in [0.1, 0.15) is 10.6 Å². The van der Waals surface area contributed by atoms with E-state index in [9.17, 15) is 13.5 Å². The van der Waals surface area contributed by atoms with Crippen molar-refractivity contribution in [3.63, 3.8) is 0 Å². The van der Waals surface area contributed by atoms with Crippen molar-refractivity contribution in [2.45, 2.75) is 30.3 Å². The molecule has 2 rings (SSSR count). The molecule has 0 amide bonds. The van der Waals surface area contributed by atoms with E-state index in [-0.39, 0.29) is 23.7 Å². The predicted molar refractivity (Wildman–Crippen MR) is 83.7 cm³/mol. The van der Waals surface area contributed by atoms with Gasteiger partial charge in [-0.1, -0.05) is 0 Å². The maximum Gasteiger partial charge on any atom is 0.246 e. The molecule has 1 aromatic carbocycles. The summed E-state index contributed by atoms with van der Waals surface area (Å²) in [6, 6.07) is 2.94. The third-order valence-electron chi connectivity index (χ3n) is 3.70. The van der Waals surface area contributed by atoms with Crippen LogP contribution >= 0.6 is 15.9 Å². The van der Waals surface area contributed by atoms with Gasteiger partial charge in [-0.3, -0.25) is 0 Å². The van der Waals surface area contributed by atoms with E-state index in [1.807, 2.05) is 0 Å². The second-order valence-electron chi connectivity index (χ2n) is 5.43. The third-order valence-corrected chi connectivity index (χ3v) is 6.31. The van der Waals surface area contributed by atoms with Crippen molar-refractivity contribution in [1.82, 2.24) is 4.31 Å². The van der Waals surface area contributed by atoms with E-state index < -0.39 is 15.6 Å². The fourth-order valence-electron chi connectivity index (χ4n) is 2.26. The molecule has 1 aliphatic rings.